The molecule has 218 valence electrons. The SMILES string of the molecule is O=C([C@H](COP(=O)(O)O)OP(=O)(O)O)N1CC=C(c2ccc(N3C[C@H](COc4ccon4)OC3=O)cc2F)CC1. The maximum Gasteiger partial charge on any atom is 0.470 e. The van der Waals surface area contributed by atoms with Crippen molar-refractivity contribution in [2.75, 3.05) is 37.7 Å². The zero-order valence-corrected chi connectivity index (χ0v) is 22.2. The second-order valence-corrected chi connectivity index (χ2v) is 11.0. The monoisotopic (exact) mass is 607 g/mol. The summed E-state index contributed by atoms with van der Waals surface area (Å²) in [4.78, 5) is 63.2. The third-order valence-electron chi connectivity index (χ3n) is 5.77. The van der Waals surface area contributed by atoms with Crippen molar-refractivity contribution in [1.29, 1.82) is 0 Å². The molecule has 0 unspecified atom stereocenters. The number of phosphoric ester groups is 2. The van der Waals surface area contributed by atoms with E-state index in [9.17, 15) is 18.7 Å². The van der Waals surface area contributed by atoms with Gasteiger partial charge in [-0.3, -0.25) is 18.7 Å². The summed E-state index contributed by atoms with van der Waals surface area (Å²) >= 11 is 0. The first kappa shape index (κ1) is 29.8. The zero-order chi connectivity index (χ0) is 29.1. The summed E-state index contributed by atoms with van der Waals surface area (Å²) in [6, 6.07) is 5.66. The molecular formula is C21H24FN3O13P2. The molecule has 3 heterocycles. The Labute approximate surface area is 225 Å². The number of carbonyl (C=O) groups is 2. The van der Waals surface area contributed by atoms with E-state index in [4.69, 9.17) is 29.0 Å². The summed E-state index contributed by atoms with van der Waals surface area (Å²) in [6.07, 6.45) is -0.323. The summed E-state index contributed by atoms with van der Waals surface area (Å²) < 4.78 is 61.1. The number of hydrogen-bond donors (Lipinski definition) is 4. The molecule has 1 aromatic heterocycles. The Morgan fingerprint density at radius 3 is 2.58 bits per heavy atom. The maximum atomic E-state index is 15.1. The van der Waals surface area contributed by atoms with E-state index in [2.05, 4.69) is 18.7 Å². The van der Waals surface area contributed by atoms with Crippen LogP contribution in [0.15, 0.2) is 41.1 Å². The molecule has 0 spiro atoms. The molecule has 4 N–H and O–H groups in total. The first-order chi connectivity index (χ1) is 18.8. The summed E-state index contributed by atoms with van der Waals surface area (Å²) in [5.41, 5.74) is 0.989. The first-order valence-electron chi connectivity index (χ1n) is 11.5. The largest absolute Gasteiger partial charge is 0.471 e. The van der Waals surface area contributed by atoms with E-state index in [0.29, 0.717) is 5.57 Å². The van der Waals surface area contributed by atoms with Crippen LogP contribution in [0, 0.1) is 5.82 Å². The Morgan fingerprint density at radius 1 is 1.20 bits per heavy atom. The second-order valence-electron chi connectivity index (χ2n) is 8.56. The van der Waals surface area contributed by atoms with Crippen LogP contribution >= 0.6 is 15.6 Å². The fraction of sp³-hybridized carbons (Fsp3) is 0.381. The fourth-order valence-corrected chi connectivity index (χ4v) is 4.81. The Hall–Kier alpha value is -3.14. The van der Waals surface area contributed by atoms with E-state index < -0.39 is 52.3 Å². The van der Waals surface area contributed by atoms with Gasteiger partial charge in [-0.25, -0.2) is 18.3 Å². The van der Waals surface area contributed by atoms with E-state index in [1.54, 1.807) is 0 Å². The van der Waals surface area contributed by atoms with Gasteiger partial charge in [-0.05, 0) is 35.3 Å². The molecule has 0 aliphatic carbocycles. The van der Waals surface area contributed by atoms with Crippen molar-refractivity contribution < 1.29 is 65.7 Å². The van der Waals surface area contributed by atoms with Crippen molar-refractivity contribution in [2.45, 2.75) is 18.6 Å². The highest BCUT2D eigenvalue weighted by Crippen LogP contribution is 2.41. The predicted molar refractivity (Wildman–Crippen MR) is 130 cm³/mol. The Balaban J connectivity index is 1.39. The lowest BCUT2D eigenvalue weighted by Crippen LogP contribution is -2.44. The fourth-order valence-electron chi connectivity index (χ4n) is 4.00. The maximum absolute atomic E-state index is 15.1. The van der Waals surface area contributed by atoms with Crippen molar-refractivity contribution in [3.8, 4) is 5.88 Å². The summed E-state index contributed by atoms with van der Waals surface area (Å²) in [5.74, 6) is -1.40. The van der Waals surface area contributed by atoms with Gasteiger partial charge in [0.2, 0.25) is 0 Å². The molecule has 1 fully saturated rings. The molecule has 2 aliphatic heterocycles. The van der Waals surface area contributed by atoms with E-state index in [0.717, 1.165) is 4.90 Å². The van der Waals surface area contributed by atoms with Crippen molar-refractivity contribution in [3.05, 3.63) is 48.0 Å². The lowest BCUT2D eigenvalue weighted by Gasteiger charge is -2.30. The lowest BCUT2D eigenvalue weighted by atomic mass is 9.98. The van der Waals surface area contributed by atoms with Gasteiger partial charge in [0, 0.05) is 24.7 Å². The van der Waals surface area contributed by atoms with E-state index in [-0.39, 0.29) is 49.8 Å². The quantitative estimate of drug-likeness (QED) is 0.266. The highest BCUT2D eigenvalue weighted by molar-refractivity contribution is 7.46. The van der Waals surface area contributed by atoms with E-state index in [1.807, 2.05) is 0 Å². The van der Waals surface area contributed by atoms with Crippen LogP contribution in [-0.2, 0) is 27.7 Å². The van der Waals surface area contributed by atoms with Crippen LogP contribution < -0.4 is 9.64 Å². The van der Waals surface area contributed by atoms with Gasteiger partial charge in [-0.2, -0.15) is 0 Å². The highest BCUT2D eigenvalue weighted by atomic mass is 31.2. The standard InChI is InChI=1S/C21H24FN3O13P2/c22-17-9-14(25-10-15(37-21(25)27)11-34-19-5-8-35-23-19)1-2-16(17)13-3-6-24(7-4-13)20(26)18(38-40(31,32)33)12-36-39(28,29)30/h1-3,5,8-9,15,18H,4,6-7,10-12H2,(H2,28,29,30)(H2,31,32,33)/t15-,18+/m1/s1. The lowest BCUT2D eigenvalue weighted by molar-refractivity contribution is -0.140. The number of halogens is 1. The Bertz CT molecular complexity index is 1360. The van der Waals surface area contributed by atoms with Crippen LogP contribution in [0.25, 0.3) is 5.57 Å². The zero-order valence-electron chi connectivity index (χ0n) is 20.4. The van der Waals surface area contributed by atoms with Crippen molar-refractivity contribution in [3.63, 3.8) is 0 Å². The number of anilines is 1. The smallest absolute Gasteiger partial charge is 0.470 e. The average molecular weight is 607 g/mol. The number of rotatable bonds is 11. The molecule has 1 aromatic carbocycles. The van der Waals surface area contributed by atoms with Gasteiger partial charge in [0.25, 0.3) is 11.8 Å². The van der Waals surface area contributed by atoms with Gasteiger partial charge in [-0.1, -0.05) is 6.08 Å². The summed E-state index contributed by atoms with van der Waals surface area (Å²) in [5, 5.41) is 3.59. The minimum Gasteiger partial charge on any atom is -0.471 e. The second kappa shape index (κ2) is 12.2. The number of amides is 2. The van der Waals surface area contributed by atoms with Crippen LogP contribution in [-0.4, -0.2) is 86.7 Å². The highest BCUT2D eigenvalue weighted by Gasteiger charge is 2.35. The molecule has 0 saturated carbocycles. The molecule has 19 heteroatoms. The summed E-state index contributed by atoms with van der Waals surface area (Å²) in [7, 11) is -10.3. The Kier molecular flexibility index (Phi) is 9.07. The third-order valence-corrected chi connectivity index (χ3v) is 6.79. The number of nitrogens with zero attached hydrogens (tertiary/aromatic N) is 3. The molecule has 40 heavy (non-hydrogen) atoms. The number of benzene rings is 1. The molecular weight excluding hydrogens is 583 g/mol. The van der Waals surface area contributed by atoms with Gasteiger partial charge in [0.05, 0.1) is 18.8 Å². The minimum atomic E-state index is -5.21. The van der Waals surface area contributed by atoms with Crippen LogP contribution in [0.5, 0.6) is 5.88 Å². The molecule has 2 atom stereocenters. The van der Waals surface area contributed by atoms with Gasteiger partial charge >= 0.3 is 21.7 Å². The van der Waals surface area contributed by atoms with Crippen LogP contribution in [0.2, 0.25) is 0 Å². The van der Waals surface area contributed by atoms with Crippen LogP contribution in [0.3, 0.4) is 0 Å². The van der Waals surface area contributed by atoms with E-state index in [1.165, 1.54) is 41.5 Å². The number of ether oxygens (including phenoxy) is 2. The van der Waals surface area contributed by atoms with Gasteiger partial charge in [-0.15, -0.1) is 0 Å². The summed E-state index contributed by atoms with van der Waals surface area (Å²) in [6.45, 7) is -1.11. The minimum absolute atomic E-state index is 0.0168. The predicted octanol–water partition coefficient (Wildman–Crippen LogP) is 1.42. The molecule has 0 radical (unpaired) electrons. The topological polar surface area (TPSA) is 219 Å². The molecule has 16 nitrogen and oxygen atoms in total. The Morgan fingerprint density at radius 2 is 1.98 bits per heavy atom. The van der Waals surface area contributed by atoms with Gasteiger partial charge in [0.15, 0.2) is 12.2 Å². The molecule has 2 aromatic rings. The number of carbonyl (C=O) groups excluding carboxylic acids is 2. The number of hydrogen-bond acceptors (Lipinski definition) is 10. The molecule has 2 amide bonds. The number of aromatic nitrogens is 1. The number of cyclic esters (lactones) is 1. The van der Waals surface area contributed by atoms with Crippen molar-refractivity contribution >= 4 is 38.9 Å². The molecule has 4 rings (SSSR count). The molecule has 0 bridgehead atoms. The average Bonchev–Trinajstić information content (AvgIpc) is 3.53. The van der Waals surface area contributed by atoms with Crippen molar-refractivity contribution in [2.24, 2.45) is 0 Å². The van der Waals surface area contributed by atoms with Crippen LogP contribution in [0.1, 0.15) is 12.0 Å². The number of phosphoric acid groups is 2. The first-order valence-corrected chi connectivity index (χ1v) is 14.6. The third kappa shape index (κ3) is 7.96. The van der Waals surface area contributed by atoms with Gasteiger partial charge in [0.1, 0.15) is 18.7 Å². The van der Waals surface area contributed by atoms with Crippen molar-refractivity contribution in [1.82, 2.24) is 10.1 Å². The molecule has 1 saturated heterocycles. The molecule has 2 aliphatic rings. The normalized spacial score (nSPS) is 18.9. The van der Waals surface area contributed by atoms with Gasteiger partial charge < -0.3 is 38.5 Å². The van der Waals surface area contributed by atoms with E-state index >= 15 is 4.39 Å². The van der Waals surface area contributed by atoms with Crippen LogP contribution in [0.4, 0.5) is 14.9 Å².